The van der Waals surface area contributed by atoms with Gasteiger partial charge < -0.3 is 24.5 Å². The largest absolute Gasteiger partial charge is 0.493 e. The summed E-state index contributed by atoms with van der Waals surface area (Å²) in [6.45, 7) is 2.13. The Morgan fingerprint density at radius 3 is 2.70 bits per heavy atom. The summed E-state index contributed by atoms with van der Waals surface area (Å²) in [5.41, 5.74) is 1.01. The summed E-state index contributed by atoms with van der Waals surface area (Å²) >= 11 is 0. The maximum Gasteiger partial charge on any atom is 0.283 e. The van der Waals surface area contributed by atoms with Crippen LogP contribution in [0.1, 0.15) is 6.92 Å². The van der Waals surface area contributed by atoms with E-state index in [1.54, 1.807) is 28.8 Å². The van der Waals surface area contributed by atoms with Crippen molar-refractivity contribution in [1.82, 2.24) is 9.88 Å². The third kappa shape index (κ3) is 3.69. The van der Waals surface area contributed by atoms with Gasteiger partial charge >= 0.3 is 0 Å². The van der Waals surface area contributed by atoms with E-state index in [1.807, 2.05) is 31.2 Å². The first-order chi connectivity index (χ1) is 14.6. The predicted molar refractivity (Wildman–Crippen MR) is 108 cm³/mol. The van der Waals surface area contributed by atoms with Crippen LogP contribution >= 0.6 is 0 Å². The van der Waals surface area contributed by atoms with E-state index in [-0.39, 0.29) is 24.7 Å². The van der Waals surface area contributed by atoms with E-state index in [1.165, 1.54) is 0 Å². The number of nitrogens with one attached hydrogen (secondary N) is 1. The van der Waals surface area contributed by atoms with Gasteiger partial charge in [-0.25, -0.2) is 0 Å². The number of carbonyl (C=O) groups is 2. The van der Waals surface area contributed by atoms with E-state index in [9.17, 15) is 14.7 Å². The Kier molecular flexibility index (Phi) is 5.34. The lowest BCUT2D eigenvalue weighted by molar-refractivity contribution is -0.132. The van der Waals surface area contributed by atoms with Crippen LogP contribution in [-0.4, -0.2) is 40.7 Å². The summed E-state index contributed by atoms with van der Waals surface area (Å²) in [5.74, 6) is -0.174. The molecule has 1 aliphatic heterocycles. The highest BCUT2D eigenvalue weighted by molar-refractivity contribution is 5.95. The van der Waals surface area contributed by atoms with Crippen molar-refractivity contribution in [1.29, 1.82) is 0 Å². The Balaban J connectivity index is 1.39. The van der Waals surface area contributed by atoms with E-state index < -0.39 is 17.9 Å². The lowest BCUT2D eigenvalue weighted by Crippen LogP contribution is -2.45. The van der Waals surface area contributed by atoms with Crippen molar-refractivity contribution in [3.05, 3.63) is 48.5 Å². The number of carbonyl (C=O) groups excluding carboxylic acids is 2. The molecule has 4 rings (SSSR count). The first-order valence-corrected chi connectivity index (χ1v) is 9.49. The average Bonchev–Trinajstić information content (AvgIpc) is 3.06. The highest BCUT2D eigenvalue weighted by Crippen LogP contribution is 2.38. The van der Waals surface area contributed by atoms with Crippen LogP contribution in [0.4, 0.5) is 5.69 Å². The number of aromatic nitrogens is 1. The van der Waals surface area contributed by atoms with E-state index in [4.69, 9.17) is 9.47 Å². The second-order valence-corrected chi connectivity index (χ2v) is 6.61. The number of ether oxygens (including phenoxy) is 2. The number of amides is 2. The summed E-state index contributed by atoms with van der Waals surface area (Å²) in [6, 6.07) is 14.3. The predicted octanol–water partition coefficient (Wildman–Crippen LogP) is 2.93. The van der Waals surface area contributed by atoms with Crippen molar-refractivity contribution in [3.63, 3.8) is 0 Å². The van der Waals surface area contributed by atoms with E-state index in [0.717, 1.165) is 5.52 Å². The number of aryl methyl sites for hydroxylation is 1. The SMILES string of the molecule is CCn1c(O)c(N=NC(=O)CNC(=O)[C@@H]2COc3ccccc3O2)c2ccccc21. The number of para-hydroxylation sites is 3. The Labute approximate surface area is 171 Å². The fraction of sp³-hybridized carbons (Fsp3) is 0.238. The number of benzene rings is 2. The Morgan fingerprint density at radius 1 is 1.17 bits per heavy atom. The zero-order valence-electron chi connectivity index (χ0n) is 16.2. The number of rotatable bonds is 5. The van der Waals surface area contributed by atoms with Crippen molar-refractivity contribution in [2.75, 3.05) is 13.2 Å². The number of aromatic hydroxyl groups is 1. The third-order valence-corrected chi connectivity index (χ3v) is 4.71. The average molecular weight is 408 g/mol. The Morgan fingerprint density at radius 2 is 1.90 bits per heavy atom. The number of hydrogen-bond donors (Lipinski definition) is 2. The molecule has 0 fully saturated rings. The molecule has 1 aliphatic rings. The molecule has 30 heavy (non-hydrogen) atoms. The van der Waals surface area contributed by atoms with Crippen LogP contribution in [0.2, 0.25) is 0 Å². The Bertz CT molecular complexity index is 1140. The van der Waals surface area contributed by atoms with Crippen LogP contribution in [0.15, 0.2) is 58.8 Å². The molecule has 2 N–H and O–H groups in total. The molecule has 0 spiro atoms. The van der Waals surface area contributed by atoms with Gasteiger partial charge in [0.2, 0.25) is 12.0 Å². The van der Waals surface area contributed by atoms with Gasteiger partial charge in [-0.3, -0.25) is 9.59 Å². The molecule has 0 saturated carbocycles. The van der Waals surface area contributed by atoms with Crippen LogP contribution in [0.3, 0.4) is 0 Å². The third-order valence-electron chi connectivity index (χ3n) is 4.71. The summed E-state index contributed by atoms with van der Waals surface area (Å²) < 4.78 is 12.8. The quantitative estimate of drug-likeness (QED) is 0.630. The molecule has 1 atom stereocenters. The van der Waals surface area contributed by atoms with Crippen molar-refractivity contribution >= 4 is 28.4 Å². The molecule has 3 aromatic rings. The second-order valence-electron chi connectivity index (χ2n) is 6.61. The molecule has 9 heteroatoms. The van der Waals surface area contributed by atoms with E-state index >= 15 is 0 Å². The highest BCUT2D eigenvalue weighted by atomic mass is 16.6. The van der Waals surface area contributed by atoms with E-state index in [2.05, 4.69) is 15.5 Å². The lowest BCUT2D eigenvalue weighted by Gasteiger charge is -2.25. The van der Waals surface area contributed by atoms with Crippen molar-refractivity contribution in [3.8, 4) is 17.4 Å². The molecule has 0 radical (unpaired) electrons. The first-order valence-electron chi connectivity index (χ1n) is 9.49. The minimum atomic E-state index is -0.865. The van der Waals surface area contributed by atoms with Crippen LogP contribution < -0.4 is 14.8 Å². The maximum atomic E-state index is 12.3. The molecular weight excluding hydrogens is 388 g/mol. The first kappa shape index (κ1) is 19.4. The van der Waals surface area contributed by atoms with Crippen LogP contribution in [0, 0.1) is 0 Å². The van der Waals surface area contributed by atoms with Crippen LogP contribution in [0.5, 0.6) is 17.4 Å². The van der Waals surface area contributed by atoms with Gasteiger partial charge in [0, 0.05) is 11.9 Å². The molecule has 0 saturated heterocycles. The second kappa shape index (κ2) is 8.24. The van der Waals surface area contributed by atoms with Crippen molar-refractivity contribution in [2.24, 2.45) is 10.2 Å². The van der Waals surface area contributed by atoms with Gasteiger partial charge in [0.15, 0.2) is 17.2 Å². The highest BCUT2D eigenvalue weighted by Gasteiger charge is 2.27. The van der Waals surface area contributed by atoms with Gasteiger partial charge in [-0.15, -0.1) is 10.2 Å². The zero-order chi connectivity index (χ0) is 21.1. The molecule has 9 nitrogen and oxygen atoms in total. The Hall–Kier alpha value is -3.88. The monoisotopic (exact) mass is 408 g/mol. The van der Waals surface area contributed by atoms with Crippen LogP contribution in [0.25, 0.3) is 10.9 Å². The molecule has 1 aromatic heterocycles. The van der Waals surface area contributed by atoms with Crippen LogP contribution in [-0.2, 0) is 16.1 Å². The van der Waals surface area contributed by atoms with Crippen molar-refractivity contribution < 1.29 is 24.2 Å². The topological polar surface area (TPSA) is 115 Å². The molecule has 0 aliphatic carbocycles. The summed E-state index contributed by atoms with van der Waals surface area (Å²) in [7, 11) is 0. The normalized spacial score (nSPS) is 15.4. The fourth-order valence-corrected chi connectivity index (χ4v) is 3.26. The molecular formula is C21H20N4O5. The number of fused-ring (bicyclic) bond motifs is 2. The molecule has 2 amide bonds. The number of hydrogen-bond acceptors (Lipinski definition) is 6. The van der Waals surface area contributed by atoms with Gasteiger partial charge in [0.1, 0.15) is 13.2 Å². The molecule has 0 unspecified atom stereocenters. The lowest BCUT2D eigenvalue weighted by atomic mass is 10.2. The van der Waals surface area contributed by atoms with Crippen molar-refractivity contribution in [2.45, 2.75) is 19.6 Å². The van der Waals surface area contributed by atoms with Gasteiger partial charge in [-0.2, -0.15) is 0 Å². The smallest absolute Gasteiger partial charge is 0.283 e. The maximum absolute atomic E-state index is 12.3. The number of azo groups is 1. The minimum Gasteiger partial charge on any atom is -0.493 e. The van der Waals surface area contributed by atoms with Gasteiger partial charge in [0.25, 0.3) is 11.8 Å². The minimum absolute atomic E-state index is 0.0446. The number of nitrogens with zero attached hydrogens (tertiary/aromatic N) is 3. The van der Waals surface area contributed by atoms with Gasteiger partial charge in [-0.1, -0.05) is 30.3 Å². The molecule has 0 bridgehead atoms. The zero-order valence-corrected chi connectivity index (χ0v) is 16.2. The van der Waals surface area contributed by atoms with Gasteiger partial charge in [-0.05, 0) is 25.1 Å². The van der Waals surface area contributed by atoms with E-state index in [0.29, 0.717) is 23.4 Å². The summed E-state index contributed by atoms with van der Waals surface area (Å²) in [5, 5.41) is 21.1. The molecule has 2 heterocycles. The molecule has 2 aromatic carbocycles. The molecule has 154 valence electrons. The van der Waals surface area contributed by atoms with Gasteiger partial charge in [0.05, 0.1) is 5.52 Å². The standard InChI is InChI=1S/C21H20N4O5/c1-2-25-14-8-4-3-7-13(14)19(21(25)28)24-23-18(26)11-22-20(27)17-12-29-15-9-5-6-10-16(15)30-17/h3-10,17,28H,2,11-12H2,1H3,(H,22,27)/t17-/m0/s1. The summed E-state index contributed by atoms with van der Waals surface area (Å²) in [4.78, 5) is 24.4. The fourth-order valence-electron chi connectivity index (χ4n) is 3.26. The summed E-state index contributed by atoms with van der Waals surface area (Å²) in [6.07, 6.45) is -0.865.